The Morgan fingerprint density at radius 3 is 2.76 bits per heavy atom. The Hall–Kier alpha value is -1.39. The first-order chi connectivity index (χ1) is 8.19. The lowest BCUT2D eigenvalue weighted by molar-refractivity contribution is 0.0999. The van der Waals surface area contributed by atoms with E-state index in [0.717, 1.165) is 18.4 Å². The number of amides is 1. The standard InChI is InChI=1S/C13H20N2O2/c1-2-11(7-8-16)15-9-10-5-3-4-6-12(10)13(14)17/h3-6,11,15-16H,2,7-9H2,1H3,(H2,14,17). The number of hydrogen-bond acceptors (Lipinski definition) is 3. The molecular formula is C13H20N2O2. The Labute approximate surface area is 102 Å². The van der Waals surface area contributed by atoms with Gasteiger partial charge in [0.2, 0.25) is 5.91 Å². The summed E-state index contributed by atoms with van der Waals surface area (Å²) < 4.78 is 0. The van der Waals surface area contributed by atoms with Crippen molar-refractivity contribution in [2.75, 3.05) is 6.61 Å². The van der Waals surface area contributed by atoms with Crippen molar-refractivity contribution >= 4 is 5.91 Å². The summed E-state index contributed by atoms with van der Waals surface area (Å²) in [5, 5.41) is 12.2. The summed E-state index contributed by atoms with van der Waals surface area (Å²) in [4.78, 5) is 11.2. The second-order valence-corrected chi connectivity index (χ2v) is 4.02. The summed E-state index contributed by atoms with van der Waals surface area (Å²) in [6.07, 6.45) is 1.66. The average Bonchev–Trinajstić information content (AvgIpc) is 2.34. The third-order valence-electron chi connectivity index (χ3n) is 2.83. The highest BCUT2D eigenvalue weighted by Crippen LogP contribution is 2.09. The number of nitrogens with two attached hydrogens (primary N) is 1. The van der Waals surface area contributed by atoms with E-state index in [1.165, 1.54) is 0 Å². The minimum absolute atomic E-state index is 0.170. The van der Waals surface area contributed by atoms with Gasteiger partial charge in [0, 0.05) is 24.8 Å². The highest BCUT2D eigenvalue weighted by atomic mass is 16.3. The lowest BCUT2D eigenvalue weighted by atomic mass is 10.1. The second-order valence-electron chi connectivity index (χ2n) is 4.02. The lowest BCUT2D eigenvalue weighted by Crippen LogP contribution is -2.29. The van der Waals surface area contributed by atoms with Gasteiger partial charge in [-0.2, -0.15) is 0 Å². The third kappa shape index (κ3) is 4.17. The number of hydrogen-bond donors (Lipinski definition) is 3. The van der Waals surface area contributed by atoms with Gasteiger partial charge < -0.3 is 16.2 Å². The van der Waals surface area contributed by atoms with Crippen molar-refractivity contribution in [3.8, 4) is 0 Å². The molecule has 0 aliphatic rings. The molecule has 1 aromatic carbocycles. The zero-order chi connectivity index (χ0) is 12.7. The van der Waals surface area contributed by atoms with Gasteiger partial charge in [0.05, 0.1) is 0 Å². The molecule has 1 aromatic rings. The molecule has 0 aromatic heterocycles. The van der Waals surface area contributed by atoms with Crippen LogP contribution >= 0.6 is 0 Å². The van der Waals surface area contributed by atoms with Gasteiger partial charge in [-0.25, -0.2) is 0 Å². The van der Waals surface area contributed by atoms with E-state index in [4.69, 9.17) is 10.8 Å². The number of carbonyl (C=O) groups is 1. The lowest BCUT2D eigenvalue weighted by Gasteiger charge is -2.16. The van der Waals surface area contributed by atoms with Crippen molar-refractivity contribution < 1.29 is 9.90 Å². The van der Waals surface area contributed by atoms with Crippen molar-refractivity contribution in [2.45, 2.75) is 32.4 Å². The Bertz CT molecular complexity index is 366. The van der Waals surface area contributed by atoms with Crippen LogP contribution in [0.4, 0.5) is 0 Å². The molecule has 0 radical (unpaired) electrons. The highest BCUT2D eigenvalue weighted by molar-refractivity contribution is 5.94. The SMILES string of the molecule is CCC(CCO)NCc1ccccc1C(N)=O. The molecule has 0 heterocycles. The van der Waals surface area contributed by atoms with Gasteiger partial charge in [0.15, 0.2) is 0 Å². The molecule has 4 nitrogen and oxygen atoms in total. The van der Waals surface area contributed by atoms with E-state index in [1.807, 2.05) is 12.1 Å². The van der Waals surface area contributed by atoms with Crippen LogP contribution in [0.25, 0.3) is 0 Å². The predicted octanol–water partition coefficient (Wildman–Crippen LogP) is 1.04. The first-order valence-corrected chi connectivity index (χ1v) is 5.91. The van der Waals surface area contributed by atoms with Crippen molar-refractivity contribution in [2.24, 2.45) is 5.73 Å². The number of nitrogens with one attached hydrogen (secondary N) is 1. The Balaban J connectivity index is 2.65. The first-order valence-electron chi connectivity index (χ1n) is 5.91. The molecule has 1 rings (SSSR count). The normalized spacial score (nSPS) is 12.4. The molecule has 1 unspecified atom stereocenters. The summed E-state index contributed by atoms with van der Waals surface area (Å²) >= 11 is 0. The molecule has 0 bridgehead atoms. The first kappa shape index (κ1) is 13.7. The van der Waals surface area contributed by atoms with E-state index >= 15 is 0 Å². The van der Waals surface area contributed by atoms with Crippen LogP contribution in [0, 0.1) is 0 Å². The third-order valence-corrected chi connectivity index (χ3v) is 2.83. The maximum Gasteiger partial charge on any atom is 0.249 e. The molecule has 94 valence electrons. The number of primary amides is 1. The zero-order valence-electron chi connectivity index (χ0n) is 10.1. The Morgan fingerprint density at radius 1 is 1.47 bits per heavy atom. The second kappa shape index (κ2) is 7.04. The van der Waals surface area contributed by atoms with E-state index in [9.17, 15) is 4.79 Å². The van der Waals surface area contributed by atoms with E-state index in [-0.39, 0.29) is 12.6 Å². The number of carbonyl (C=O) groups excluding carboxylic acids is 1. The van der Waals surface area contributed by atoms with Crippen molar-refractivity contribution in [3.63, 3.8) is 0 Å². The van der Waals surface area contributed by atoms with E-state index in [0.29, 0.717) is 12.1 Å². The number of aliphatic hydroxyl groups excluding tert-OH is 1. The summed E-state index contributed by atoms with van der Waals surface area (Å²) in [5.41, 5.74) is 6.76. The molecule has 0 saturated carbocycles. The van der Waals surface area contributed by atoms with Gasteiger partial charge in [-0.1, -0.05) is 25.1 Å². The van der Waals surface area contributed by atoms with Gasteiger partial charge in [-0.15, -0.1) is 0 Å². The fraction of sp³-hybridized carbons (Fsp3) is 0.462. The summed E-state index contributed by atoms with van der Waals surface area (Å²) in [6, 6.07) is 7.57. The Kier molecular flexibility index (Phi) is 5.66. The van der Waals surface area contributed by atoms with Crippen LogP contribution in [0.1, 0.15) is 35.7 Å². The molecule has 1 atom stereocenters. The molecule has 17 heavy (non-hydrogen) atoms. The summed E-state index contributed by atoms with van der Waals surface area (Å²) in [6.45, 7) is 2.83. The zero-order valence-corrected chi connectivity index (χ0v) is 10.1. The van der Waals surface area contributed by atoms with Crippen LogP contribution in [0.15, 0.2) is 24.3 Å². The maximum atomic E-state index is 11.2. The van der Waals surface area contributed by atoms with Gasteiger partial charge >= 0.3 is 0 Å². The highest BCUT2D eigenvalue weighted by Gasteiger charge is 2.09. The van der Waals surface area contributed by atoms with Crippen molar-refractivity contribution in [3.05, 3.63) is 35.4 Å². The topological polar surface area (TPSA) is 75.3 Å². The van der Waals surface area contributed by atoms with Gasteiger partial charge in [0.25, 0.3) is 0 Å². The smallest absolute Gasteiger partial charge is 0.249 e. The monoisotopic (exact) mass is 236 g/mol. The molecule has 0 fully saturated rings. The number of aliphatic hydroxyl groups is 1. The largest absolute Gasteiger partial charge is 0.396 e. The molecule has 1 amide bonds. The van der Waals surface area contributed by atoms with Crippen molar-refractivity contribution in [1.82, 2.24) is 5.32 Å². The minimum Gasteiger partial charge on any atom is -0.396 e. The number of benzene rings is 1. The maximum absolute atomic E-state index is 11.2. The summed E-state index contributed by atoms with van der Waals surface area (Å²) in [5.74, 6) is -0.405. The predicted molar refractivity (Wildman–Crippen MR) is 67.6 cm³/mol. The fourth-order valence-corrected chi connectivity index (χ4v) is 1.78. The summed E-state index contributed by atoms with van der Waals surface area (Å²) in [7, 11) is 0. The minimum atomic E-state index is -0.405. The van der Waals surface area contributed by atoms with Crippen LogP contribution in [-0.2, 0) is 6.54 Å². The van der Waals surface area contributed by atoms with Crippen LogP contribution in [-0.4, -0.2) is 23.7 Å². The van der Waals surface area contributed by atoms with Crippen LogP contribution in [0.5, 0.6) is 0 Å². The van der Waals surface area contributed by atoms with E-state index in [2.05, 4.69) is 12.2 Å². The molecule has 0 aliphatic heterocycles. The molecule has 0 aliphatic carbocycles. The molecular weight excluding hydrogens is 216 g/mol. The molecule has 0 spiro atoms. The Morgan fingerprint density at radius 2 is 2.18 bits per heavy atom. The van der Waals surface area contributed by atoms with Crippen LogP contribution in [0.3, 0.4) is 0 Å². The van der Waals surface area contributed by atoms with Crippen LogP contribution < -0.4 is 11.1 Å². The average molecular weight is 236 g/mol. The van der Waals surface area contributed by atoms with E-state index < -0.39 is 5.91 Å². The fourth-order valence-electron chi connectivity index (χ4n) is 1.78. The van der Waals surface area contributed by atoms with E-state index in [1.54, 1.807) is 12.1 Å². The van der Waals surface area contributed by atoms with Crippen LogP contribution in [0.2, 0.25) is 0 Å². The van der Waals surface area contributed by atoms with Gasteiger partial charge in [0.1, 0.15) is 0 Å². The quantitative estimate of drug-likeness (QED) is 0.662. The molecule has 0 saturated heterocycles. The molecule has 4 N–H and O–H groups in total. The van der Waals surface area contributed by atoms with Crippen molar-refractivity contribution in [1.29, 1.82) is 0 Å². The molecule has 4 heteroatoms. The van der Waals surface area contributed by atoms with Gasteiger partial charge in [-0.3, -0.25) is 4.79 Å². The van der Waals surface area contributed by atoms with Gasteiger partial charge in [-0.05, 0) is 24.5 Å². The number of rotatable bonds is 7.